The van der Waals surface area contributed by atoms with Gasteiger partial charge in [-0.25, -0.2) is 0 Å². The normalized spacial score (nSPS) is 17.0. The van der Waals surface area contributed by atoms with Crippen molar-refractivity contribution in [1.82, 2.24) is 4.57 Å². The molecule has 136 valence electrons. The van der Waals surface area contributed by atoms with Gasteiger partial charge in [0.2, 0.25) is 0 Å². The molecule has 0 radical (unpaired) electrons. The van der Waals surface area contributed by atoms with Crippen LogP contribution in [0.25, 0.3) is 10.9 Å². The van der Waals surface area contributed by atoms with E-state index in [0.29, 0.717) is 23.5 Å². The topological polar surface area (TPSA) is 48.0 Å². The minimum atomic E-state index is -4.52. The average Bonchev–Trinajstić information content (AvgIpc) is 2.69. The molecule has 1 saturated carbocycles. The number of fused-ring (bicyclic) bond motifs is 1. The molecule has 0 aliphatic heterocycles. The molecule has 2 aromatic rings. The maximum Gasteiger partial charge on any atom is 0.417 e. The second kappa shape index (κ2) is 6.73. The Balaban J connectivity index is 2.16. The van der Waals surface area contributed by atoms with Crippen molar-refractivity contribution in [3.63, 3.8) is 0 Å². The highest BCUT2D eigenvalue weighted by molar-refractivity contribution is 6.09. The van der Waals surface area contributed by atoms with Gasteiger partial charge < -0.3 is 10.3 Å². The summed E-state index contributed by atoms with van der Waals surface area (Å²) in [7, 11) is 1.72. The van der Waals surface area contributed by atoms with Crippen LogP contribution in [0.2, 0.25) is 0 Å². The van der Waals surface area contributed by atoms with Crippen molar-refractivity contribution in [2.75, 3.05) is 0 Å². The number of hydrogen-bond donors (Lipinski definition) is 1. The van der Waals surface area contributed by atoms with E-state index in [1.165, 1.54) is 18.9 Å². The van der Waals surface area contributed by atoms with E-state index in [2.05, 4.69) is 0 Å². The number of halogens is 3. The first-order valence-corrected chi connectivity index (χ1v) is 8.78. The van der Waals surface area contributed by atoms with E-state index >= 15 is 0 Å². The fourth-order valence-electron chi connectivity index (χ4n) is 4.12. The lowest BCUT2D eigenvalue weighted by atomic mass is 9.92. The average molecular weight is 352 g/mol. The molecule has 1 amide bonds. The Hall–Kier alpha value is -1.98. The van der Waals surface area contributed by atoms with Crippen molar-refractivity contribution in [2.24, 2.45) is 18.7 Å². The summed E-state index contributed by atoms with van der Waals surface area (Å²) in [6.07, 6.45) is 2.84. The monoisotopic (exact) mass is 352 g/mol. The van der Waals surface area contributed by atoms with Gasteiger partial charge in [-0.1, -0.05) is 44.6 Å². The third kappa shape index (κ3) is 3.39. The fraction of sp³-hybridized carbons (Fsp3) is 0.526. The van der Waals surface area contributed by atoms with Crippen LogP contribution in [0.3, 0.4) is 0 Å². The van der Waals surface area contributed by atoms with Crippen molar-refractivity contribution in [2.45, 2.75) is 51.1 Å². The van der Waals surface area contributed by atoms with Crippen LogP contribution in [0.15, 0.2) is 18.2 Å². The Kier molecular flexibility index (Phi) is 4.80. The molecule has 25 heavy (non-hydrogen) atoms. The van der Waals surface area contributed by atoms with Crippen LogP contribution < -0.4 is 5.73 Å². The Morgan fingerprint density at radius 2 is 1.84 bits per heavy atom. The lowest BCUT2D eigenvalue weighted by Crippen LogP contribution is -2.17. The van der Waals surface area contributed by atoms with Crippen LogP contribution in [0, 0.1) is 5.92 Å². The molecule has 1 fully saturated rings. The van der Waals surface area contributed by atoms with Crippen molar-refractivity contribution < 1.29 is 18.0 Å². The van der Waals surface area contributed by atoms with Crippen molar-refractivity contribution in [3.05, 3.63) is 35.0 Å². The van der Waals surface area contributed by atoms with E-state index in [1.807, 2.05) is 0 Å². The highest BCUT2D eigenvalue weighted by Crippen LogP contribution is 2.39. The van der Waals surface area contributed by atoms with Gasteiger partial charge in [0.25, 0.3) is 5.91 Å². The van der Waals surface area contributed by atoms with E-state index < -0.39 is 17.6 Å². The Bertz CT molecular complexity index is 784. The number of nitrogens with zero attached hydrogens (tertiary/aromatic N) is 1. The Morgan fingerprint density at radius 3 is 2.40 bits per heavy atom. The fourth-order valence-corrected chi connectivity index (χ4v) is 4.12. The third-order valence-corrected chi connectivity index (χ3v) is 5.36. The lowest BCUT2D eigenvalue weighted by molar-refractivity contribution is -0.136. The second-order valence-electron chi connectivity index (χ2n) is 7.00. The minimum Gasteiger partial charge on any atom is -0.366 e. The summed E-state index contributed by atoms with van der Waals surface area (Å²) in [6, 6.07) is 4.02. The number of carbonyl (C=O) groups excluding carboxylic acids is 1. The number of benzene rings is 1. The molecule has 0 atom stereocenters. The van der Waals surface area contributed by atoms with Gasteiger partial charge in [-0.2, -0.15) is 13.2 Å². The van der Waals surface area contributed by atoms with E-state index in [-0.39, 0.29) is 10.9 Å². The first-order valence-electron chi connectivity index (χ1n) is 8.78. The van der Waals surface area contributed by atoms with E-state index in [9.17, 15) is 18.0 Å². The molecule has 1 heterocycles. The molecule has 2 N–H and O–H groups in total. The summed E-state index contributed by atoms with van der Waals surface area (Å²) in [5, 5.41) is -0.0615. The van der Waals surface area contributed by atoms with Gasteiger partial charge in [0.1, 0.15) is 0 Å². The zero-order valence-electron chi connectivity index (χ0n) is 14.3. The lowest BCUT2D eigenvalue weighted by Gasteiger charge is -2.15. The summed E-state index contributed by atoms with van der Waals surface area (Å²) >= 11 is 0. The van der Waals surface area contributed by atoms with Crippen LogP contribution in [0.4, 0.5) is 13.2 Å². The summed E-state index contributed by atoms with van der Waals surface area (Å²) in [5.41, 5.74) is 5.81. The molecule has 0 saturated heterocycles. The molecule has 6 heteroatoms. The summed E-state index contributed by atoms with van der Waals surface area (Å²) in [5.74, 6) is -0.399. The first-order chi connectivity index (χ1) is 11.8. The largest absolute Gasteiger partial charge is 0.417 e. The van der Waals surface area contributed by atoms with Gasteiger partial charge in [-0.05, 0) is 24.5 Å². The second-order valence-corrected chi connectivity index (χ2v) is 7.00. The van der Waals surface area contributed by atoms with E-state index in [4.69, 9.17) is 5.73 Å². The number of alkyl halides is 3. The Morgan fingerprint density at radius 1 is 1.20 bits per heavy atom. The van der Waals surface area contributed by atoms with Gasteiger partial charge in [0, 0.05) is 23.6 Å². The smallest absolute Gasteiger partial charge is 0.366 e. The molecule has 0 spiro atoms. The number of carbonyl (C=O) groups is 1. The molecule has 0 unspecified atom stereocenters. The third-order valence-electron chi connectivity index (χ3n) is 5.36. The summed E-state index contributed by atoms with van der Waals surface area (Å²) in [4.78, 5) is 12.1. The number of aromatic nitrogens is 1. The standard InChI is InChI=1S/C19H23F3N2O/c1-24-14-10-6-9-13(19(20,21)22)16(14)17(18(23)25)15(24)11-12-7-4-2-3-5-8-12/h6,9-10,12H,2-5,7-8,11H2,1H3,(H2,23,25). The van der Waals surface area contributed by atoms with Crippen LogP contribution >= 0.6 is 0 Å². The summed E-state index contributed by atoms with van der Waals surface area (Å²) < 4.78 is 42.1. The molecule has 1 aromatic carbocycles. The van der Waals surface area contributed by atoms with Crippen molar-refractivity contribution >= 4 is 16.8 Å². The first kappa shape index (κ1) is 17.8. The van der Waals surface area contributed by atoms with Crippen LogP contribution in [0.5, 0.6) is 0 Å². The predicted molar refractivity (Wildman–Crippen MR) is 91.3 cm³/mol. The van der Waals surface area contributed by atoms with Gasteiger partial charge in [0.15, 0.2) is 0 Å². The zero-order chi connectivity index (χ0) is 18.2. The number of amides is 1. The molecular weight excluding hydrogens is 329 g/mol. The van der Waals surface area contributed by atoms with Gasteiger partial charge in [0.05, 0.1) is 11.1 Å². The Labute approximate surface area is 145 Å². The molecule has 1 aromatic heterocycles. The SMILES string of the molecule is Cn1c(CC2CCCCCC2)c(C(N)=O)c2c(C(F)(F)F)cccc21. The quantitative estimate of drug-likeness (QED) is 0.792. The molecule has 1 aliphatic rings. The van der Waals surface area contributed by atoms with Crippen molar-refractivity contribution in [3.8, 4) is 0 Å². The number of nitrogens with two attached hydrogens (primary N) is 1. The van der Waals surface area contributed by atoms with E-state index in [0.717, 1.165) is 31.7 Å². The van der Waals surface area contributed by atoms with Crippen molar-refractivity contribution in [1.29, 1.82) is 0 Å². The molecule has 3 nitrogen and oxygen atoms in total. The van der Waals surface area contributed by atoms with Gasteiger partial charge >= 0.3 is 6.18 Å². The minimum absolute atomic E-state index is 0.0367. The van der Waals surface area contributed by atoms with Crippen LogP contribution in [-0.4, -0.2) is 10.5 Å². The molecular formula is C19H23F3N2O. The number of primary amides is 1. The summed E-state index contributed by atoms with van der Waals surface area (Å²) in [6.45, 7) is 0. The van der Waals surface area contributed by atoms with Gasteiger partial charge in [-0.3, -0.25) is 4.79 Å². The van der Waals surface area contributed by atoms with E-state index in [1.54, 1.807) is 17.7 Å². The number of hydrogen-bond acceptors (Lipinski definition) is 1. The zero-order valence-corrected chi connectivity index (χ0v) is 14.3. The van der Waals surface area contributed by atoms with Gasteiger partial charge in [-0.15, -0.1) is 0 Å². The molecule has 1 aliphatic carbocycles. The predicted octanol–water partition coefficient (Wildman–Crippen LogP) is 4.81. The molecule has 3 rings (SSSR count). The highest BCUT2D eigenvalue weighted by atomic mass is 19.4. The maximum absolute atomic E-state index is 13.5. The van der Waals surface area contributed by atoms with Crippen LogP contribution in [-0.2, 0) is 19.6 Å². The highest BCUT2D eigenvalue weighted by Gasteiger charge is 2.36. The molecule has 0 bridgehead atoms. The number of aryl methyl sites for hydroxylation is 1. The number of rotatable bonds is 3. The maximum atomic E-state index is 13.5. The van der Waals surface area contributed by atoms with Crippen LogP contribution in [0.1, 0.15) is 60.1 Å².